The molecule has 0 unspecified atom stereocenters. The Morgan fingerprint density at radius 3 is 1.77 bits per heavy atom. The number of halogens is 1. The second-order valence-electron chi connectivity index (χ2n) is 13.7. The van der Waals surface area contributed by atoms with E-state index in [1.807, 2.05) is 140 Å². The van der Waals surface area contributed by atoms with E-state index in [0.29, 0.717) is 49.4 Å². The van der Waals surface area contributed by atoms with E-state index >= 15 is 0 Å². The minimum Gasteiger partial charge on any atom is -0.462 e. The van der Waals surface area contributed by atoms with Gasteiger partial charge in [-0.2, -0.15) is 0 Å². The summed E-state index contributed by atoms with van der Waals surface area (Å²) in [4.78, 5) is 17.4. The number of ether oxygens (including phenoxy) is 6. The molecule has 294 valence electrons. The molecule has 57 heavy (non-hydrogen) atoms. The Hall–Kier alpha value is -4.71. The number of nitrogens with zero attached hydrogens (tertiary/aromatic N) is 1. The summed E-state index contributed by atoms with van der Waals surface area (Å²) >= 11 is 8.15. The lowest BCUT2D eigenvalue weighted by Gasteiger charge is -2.46. The molecule has 8 nitrogen and oxygen atoms in total. The Morgan fingerprint density at radius 1 is 0.684 bits per heavy atom. The molecule has 0 spiro atoms. The van der Waals surface area contributed by atoms with E-state index in [-0.39, 0.29) is 12.6 Å². The maximum atomic E-state index is 12.4. The molecule has 1 aliphatic heterocycles. The van der Waals surface area contributed by atoms with Crippen LogP contribution < -0.4 is 0 Å². The molecule has 7 rings (SSSR count). The summed E-state index contributed by atoms with van der Waals surface area (Å²) in [5.74, 6) is -0.388. The fourth-order valence-corrected chi connectivity index (χ4v) is 7.84. The van der Waals surface area contributed by atoms with E-state index in [2.05, 4.69) is 4.98 Å². The van der Waals surface area contributed by atoms with Crippen molar-refractivity contribution in [2.24, 2.45) is 0 Å². The number of esters is 1. The van der Waals surface area contributed by atoms with Gasteiger partial charge in [0, 0.05) is 11.4 Å². The van der Waals surface area contributed by atoms with Crippen LogP contribution in [0.25, 0.3) is 0 Å². The Balaban J connectivity index is 1.25. The molecule has 2 heterocycles. The van der Waals surface area contributed by atoms with Gasteiger partial charge in [-0.3, -0.25) is 0 Å². The standard InChI is InChI=1S/C47H46ClNO7S/c1-2-52-47(50)41-27-49-42(57-41)26-38-25-37(23-24-39(38)48)43-45(54-30-35-19-11-5-12-20-35)46(55-31-36-21-13-6-14-22-36)44(53-29-34-17-9-4-10-18-34)40(56-43)32-51-28-33-15-7-3-8-16-33/h3-25,27,40,43-46H,2,26,28-32H2,1H3/t40-,43+,44-,45+,46+/m1/s1. The molecule has 6 aromatic rings. The van der Waals surface area contributed by atoms with Crippen LogP contribution in [0, 0.1) is 0 Å². The number of hydrogen-bond donors (Lipinski definition) is 0. The third-order valence-electron chi connectivity index (χ3n) is 9.65. The van der Waals surface area contributed by atoms with Crippen molar-refractivity contribution in [2.75, 3.05) is 13.2 Å². The fourth-order valence-electron chi connectivity index (χ4n) is 6.82. The molecule has 0 aliphatic carbocycles. The molecule has 5 aromatic carbocycles. The number of rotatable bonds is 18. The van der Waals surface area contributed by atoms with E-state index in [0.717, 1.165) is 38.4 Å². The van der Waals surface area contributed by atoms with Gasteiger partial charge in [0.15, 0.2) is 0 Å². The Morgan fingerprint density at radius 2 is 1.21 bits per heavy atom. The normalized spacial score (nSPS) is 19.3. The second kappa shape index (κ2) is 20.6. The molecular formula is C47H46ClNO7S. The van der Waals surface area contributed by atoms with Crippen molar-refractivity contribution in [2.45, 2.75) is 70.3 Å². The predicted octanol–water partition coefficient (Wildman–Crippen LogP) is 9.98. The highest BCUT2D eigenvalue weighted by Gasteiger charge is 2.49. The van der Waals surface area contributed by atoms with Crippen LogP contribution >= 0.6 is 22.9 Å². The first-order chi connectivity index (χ1) is 28.0. The molecule has 0 bridgehead atoms. The van der Waals surface area contributed by atoms with Crippen LogP contribution in [0.1, 0.15) is 61.1 Å². The highest BCUT2D eigenvalue weighted by Crippen LogP contribution is 2.40. The van der Waals surface area contributed by atoms with E-state index in [1.165, 1.54) is 11.3 Å². The summed E-state index contributed by atoms with van der Waals surface area (Å²) in [6, 6.07) is 46.2. The third kappa shape index (κ3) is 11.2. The van der Waals surface area contributed by atoms with Crippen molar-refractivity contribution >= 4 is 28.9 Å². The van der Waals surface area contributed by atoms with Crippen LogP contribution in [-0.4, -0.2) is 48.6 Å². The SMILES string of the molecule is CCOC(=O)c1cnc(Cc2cc([C@@H]3O[C@H](COCc4ccccc4)[C@@H](OCc4ccccc4)[C@H](OCc4ccccc4)[C@H]3OCc3ccccc3)ccc2Cl)s1. The third-order valence-corrected chi connectivity index (χ3v) is 11.0. The average molecular weight is 804 g/mol. The molecule has 1 saturated heterocycles. The summed E-state index contributed by atoms with van der Waals surface area (Å²) < 4.78 is 39.4. The van der Waals surface area contributed by atoms with Crippen LogP contribution in [0.4, 0.5) is 0 Å². The zero-order valence-corrected chi connectivity index (χ0v) is 33.4. The molecule has 5 atom stereocenters. The number of hydrogen-bond acceptors (Lipinski definition) is 9. The van der Waals surface area contributed by atoms with Gasteiger partial charge in [-0.1, -0.05) is 145 Å². The Bertz CT molecular complexity index is 2120. The topological polar surface area (TPSA) is 85.3 Å². The first-order valence-electron chi connectivity index (χ1n) is 19.2. The predicted molar refractivity (Wildman–Crippen MR) is 221 cm³/mol. The van der Waals surface area contributed by atoms with Crippen LogP contribution in [0.2, 0.25) is 5.02 Å². The lowest BCUT2D eigenvalue weighted by Crippen LogP contribution is -2.58. The lowest BCUT2D eigenvalue weighted by atomic mass is 9.89. The molecule has 0 radical (unpaired) electrons. The molecule has 10 heteroatoms. The number of carbonyl (C=O) groups excluding carboxylic acids is 1. The van der Waals surface area contributed by atoms with Gasteiger partial charge in [0.05, 0.1) is 50.8 Å². The molecule has 1 aromatic heterocycles. The molecule has 1 aliphatic rings. The fraction of sp³-hybridized carbons (Fsp3) is 0.277. The highest BCUT2D eigenvalue weighted by molar-refractivity contribution is 7.13. The van der Waals surface area contributed by atoms with Crippen LogP contribution in [0.15, 0.2) is 146 Å². The first kappa shape index (κ1) is 40.5. The molecule has 0 N–H and O–H groups in total. The smallest absolute Gasteiger partial charge is 0.349 e. The minimum atomic E-state index is -0.607. The van der Waals surface area contributed by atoms with Crippen LogP contribution in [-0.2, 0) is 61.3 Å². The van der Waals surface area contributed by atoms with Crippen molar-refractivity contribution in [1.82, 2.24) is 4.98 Å². The summed E-state index contributed by atoms with van der Waals surface area (Å²) in [5, 5.41) is 1.32. The summed E-state index contributed by atoms with van der Waals surface area (Å²) in [6.07, 6.45) is -0.915. The number of carbonyl (C=O) groups is 1. The summed E-state index contributed by atoms with van der Waals surface area (Å²) in [7, 11) is 0. The highest BCUT2D eigenvalue weighted by atomic mass is 35.5. The molecule has 0 amide bonds. The first-order valence-corrected chi connectivity index (χ1v) is 20.4. The quantitative estimate of drug-likeness (QED) is 0.0795. The monoisotopic (exact) mass is 803 g/mol. The van der Waals surface area contributed by atoms with Gasteiger partial charge in [-0.05, 0) is 46.4 Å². The van der Waals surface area contributed by atoms with Gasteiger partial charge in [0.2, 0.25) is 0 Å². The van der Waals surface area contributed by atoms with E-state index in [1.54, 1.807) is 13.1 Å². The number of aromatic nitrogens is 1. The van der Waals surface area contributed by atoms with E-state index in [9.17, 15) is 4.79 Å². The summed E-state index contributed by atoms with van der Waals surface area (Å²) in [6.45, 7) is 3.74. The molecule has 1 fully saturated rings. The largest absolute Gasteiger partial charge is 0.462 e. The Kier molecular flexibility index (Phi) is 14.7. The van der Waals surface area contributed by atoms with Crippen LogP contribution in [0.5, 0.6) is 0 Å². The van der Waals surface area contributed by atoms with Crippen molar-refractivity contribution in [3.8, 4) is 0 Å². The van der Waals surface area contributed by atoms with Gasteiger partial charge >= 0.3 is 5.97 Å². The van der Waals surface area contributed by atoms with E-state index < -0.39 is 30.5 Å². The van der Waals surface area contributed by atoms with Crippen molar-refractivity contribution in [3.05, 3.63) is 194 Å². The van der Waals surface area contributed by atoms with Crippen molar-refractivity contribution in [3.63, 3.8) is 0 Å². The van der Waals surface area contributed by atoms with Crippen LogP contribution in [0.3, 0.4) is 0 Å². The number of thiazole rings is 1. The maximum Gasteiger partial charge on any atom is 0.349 e. The van der Waals surface area contributed by atoms with Gasteiger partial charge < -0.3 is 28.4 Å². The average Bonchev–Trinajstić information content (AvgIpc) is 3.73. The van der Waals surface area contributed by atoms with Gasteiger partial charge in [-0.15, -0.1) is 11.3 Å². The van der Waals surface area contributed by atoms with Gasteiger partial charge in [-0.25, -0.2) is 9.78 Å². The minimum absolute atomic E-state index is 0.248. The zero-order chi connectivity index (χ0) is 39.2. The lowest BCUT2D eigenvalue weighted by molar-refractivity contribution is -0.275. The molecule has 0 saturated carbocycles. The van der Waals surface area contributed by atoms with Crippen molar-refractivity contribution in [1.29, 1.82) is 0 Å². The number of benzene rings is 5. The van der Waals surface area contributed by atoms with Gasteiger partial charge in [0.25, 0.3) is 0 Å². The maximum absolute atomic E-state index is 12.4. The second-order valence-corrected chi connectivity index (χ2v) is 15.3. The molecular weight excluding hydrogens is 758 g/mol. The zero-order valence-electron chi connectivity index (χ0n) is 31.8. The van der Waals surface area contributed by atoms with Crippen molar-refractivity contribution < 1.29 is 33.2 Å². The van der Waals surface area contributed by atoms with E-state index in [4.69, 9.17) is 40.0 Å². The summed E-state index contributed by atoms with van der Waals surface area (Å²) in [5.41, 5.74) is 5.83. The van der Waals surface area contributed by atoms with Gasteiger partial charge in [0.1, 0.15) is 35.4 Å². The Labute approximate surface area is 343 Å².